The van der Waals surface area contributed by atoms with Gasteiger partial charge in [0.2, 0.25) is 15.9 Å². The van der Waals surface area contributed by atoms with E-state index >= 15 is 0 Å². The van der Waals surface area contributed by atoms with Crippen LogP contribution in [0.3, 0.4) is 0 Å². The van der Waals surface area contributed by atoms with Crippen molar-refractivity contribution < 1.29 is 23.4 Å². The number of carbonyl (C=O) groups is 1. The van der Waals surface area contributed by atoms with Gasteiger partial charge in [-0.05, 0) is 86.3 Å². The lowest BCUT2D eigenvalue weighted by Crippen LogP contribution is -2.60. The zero-order valence-corrected chi connectivity index (χ0v) is 25.0. The van der Waals surface area contributed by atoms with Crippen LogP contribution in [0.1, 0.15) is 75.0 Å². The van der Waals surface area contributed by atoms with E-state index in [1.165, 1.54) is 0 Å². The van der Waals surface area contributed by atoms with E-state index in [0.29, 0.717) is 35.7 Å². The van der Waals surface area contributed by atoms with Crippen molar-refractivity contribution in [3.05, 3.63) is 69.7 Å². The molecule has 2 aliphatic carbocycles. The Bertz CT molecular complexity index is 1320. The van der Waals surface area contributed by atoms with Gasteiger partial charge in [-0.15, -0.1) is 0 Å². The summed E-state index contributed by atoms with van der Waals surface area (Å²) >= 11 is 12.7. The predicted molar refractivity (Wildman–Crippen MR) is 157 cm³/mol. The molecule has 1 amide bonds. The van der Waals surface area contributed by atoms with Crippen molar-refractivity contribution in [1.29, 1.82) is 0 Å². The van der Waals surface area contributed by atoms with E-state index in [2.05, 4.69) is 4.72 Å². The van der Waals surface area contributed by atoms with Crippen LogP contribution >= 0.6 is 23.2 Å². The standard InChI is InChI=1S/C30H38Cl2N2O5S/c1-2-30(15-24(36)18-35)16-26(21-4-3-5-23(32)14-21)28(20-8-10-22(31)11-9-20)34(29(30)37)27(19-6-7-19)17-33-40(38,39)25-12-13-25/h3-5,8-11,14,19,24-28,33,35-36H,2,6-7,12-13,15-18H2,1H3. The van der Waals surface area contributed by atoms with Crippen LogP contribution in [0.15, 0.2) is 48.5 Å². The van der Waals surface area contributed by atoms with Crippen molar-refractivity contribution >= 4 is 39.1 Å². The fourth-order valence-electron chi connectivity index (χ4n) is 6.46. The van der Waals surface area contributed by atoms with Crippen LogP contribution in [0.25, 0.3) is 0 Å². The lowest BCUT2D eigenvalue weighted by molar-refractivity contribution is -0.160. The summed E-state index contributed by atoms with van der Waals surface area (Å²) in [5, 5.41) is 21.2. The molecule has 2 aromatic carbocycles. The number of aliphatic hydroxyl groups excluding tert-OH is 2. The largest absolute Gasteiger partial charge is 0.394 e. The summed E-state index contributed by atoms with van der Waals surface area (Å²) in [6, 6.07) is 14.4. The van der Waals surface area contributed by atoms with E-state index in [-0.39, 0.29) is 42.0 Å². The summed E-state index contributed by atoms with van der Waals surface area (Å²) in [5.74, 6) is -0.135. The number of hydrogen-bond donors (Lipinski definition) is 3. The van der Waals surface area contributed by atoms with Gasteiger partial charge in [-0.25, -0.2) is 13.1 Å². The third-order valence-corrected chi connectivity index (χ3v) is 11.4. The molecule has 2 aromatic rings. The predicted octanol–water partition coefficient (Wildman–Crippen LogP) is 5.05. The number of aliphatic hydroxyl groups is 2. The summed E-state index contributed by atoms with van der Waals surface area (Å²) in [5.41, 5.74) is 0.931. The lowest BCUT2D eigenvalue weighted by Gasteiger charge is -2.53. The van der Waals surface area contributed by atoms with Crippen LogP contribution in [0, 0.1) is 11.3 Å². The number of halogens is 2. The molecule has 0 bridgehead atoms. The average Bonchev–Trinajstić information content (AvgIpc) is 3.84. The van der Waals surface area contributed by atoms with Crippen LogP contribution in [-0.4, -0.2) is 60.0 Å². The zero-order valence-electron chi connectivity index (χ0n) is 22.7. The van der Waals surface area contributed by atoms with Crippen molar-refractivity contribution in [3.8, 4) is 0 Å². The topological polar surface area (TPSA) is 107 Å². The van der Waals surface area contributed by atoms with Gasteiger partial charge in [0.25, 0.3) is 0 Å². The number of nitrogens with zero attached hydrogens (tertiary/aromatic N) is 1. The number of amides is 1. The number of sulfonamides is 1. The number of benzene rings is 2. The molecular formula is C30H38Cl2N2O5S. The van der Waals surface area contributed by atoms with Gasteiger partial charge in [-0.3, -0.25) is 4.79 Å². The highest BCUT2D eigenvalue weighted by atomic mass is 35.5. The summed E-state index contributed by atoms with van der Waals surface area (Å²) in [6.45, 7) is 1.65. The first-order valence-corrected chi connectivity index (χ1v) is 16.5. The van der Waals surface area contributed by atoms with Crippen LogP contribution in [0.2, 0.25) is 10.0 Å². The highest BCUT2D eigenvalue weighted by molar-refractivity contribution is 7.90. The number of likely N-dealkylation sites (tertiary alicyclic amines) is 1. The molecule has 0 radical (unpaired) electrons. The number of piperidine rings is 1. The molecule has 7 nitrogen and oxygen atoms in total. The monoisotopic (exact) mass is 608 g/mol. The molecule has 10 heteroatoms. The Morgan fingerprint density at radius 3 is 2.33 bits per heavy atom. The summed E-state index contributed by atoms with van der Waals surface area (Å²) < 4.78 is 28.6. The first-order valence-electron chi connectivity index (χ1n) is 14.2. The quantitative estimate of drug-likeness (QED) is 0.312. The van der Waals surface area contributed by atoms with Crippen molar-refractivity contribution in [2.75, 3.05) is 13.2 Å². The second-order valence-electron chi connectivity index (χ2n) is 11.7. The summed E-state index contributed by atoms with van der Waals surface area (Å²) in [6.07, 6.45) is 3.13. The Morgan fingerprint density at radius 2 is 1.75 bits per heavy atom. The highest BCUT2D eigenvalue weighted by Gasteiger charge is 2.55. The number of nitrogens with one attached hydrogen (secondary N) is 1. The Morgan fingerprint density at radius 1 is 1.05 bits per heavy atom. The minimum atomic E-state index is -3.46. The van der Waals surface area contributed by atoms with E-state index in [0.717, 1.165) is 24.0 Å². The summed E-state index contributed by atoms with van der Waals surface area (Å²) in [4.78, 5) is 16.7. The molecule has 5 atom stereocenters. The maximum atomic E-state index is 14.8. The fraction of sp³-hybridized carbons (Fsp3) is 0.567. The fourth-order valence-corrected chi connectivity index (χ4v) is 8.18. The maximum Gasteiger partial charge on any atom is 0.229 e. The average molecular weight is 610 g/mol. The van der Waals surface area contributed by atoms with Gasteiger partial charge in [0.1, 0.15) is 0 Å². The van der Waals surface area contributed by atoms with Gasteiger partial charge in [0.05, 0.1) is 29.4 Å². The van der Waals surface area contributed by atoms with Crippen molar-refractivity contribution in [2.24, 2.45) is 11.3 Å². The Hall–Kier alpha value is -1.68. The van der Waals surface area contributed by atoms with Crippen LogP contribution in [-0.2, 0) is 14.8 Å². The SMILES string of the molecule is CCC1(CC(O)CO)CC(c2cccc(Cl)c2)C(c2ccc(Cl)cc2)N(C(CNS(=O)(=O)C2CC2)C2CC2)C1=O. The third-order valence-electron chi connectivity index (χ3n) is 8.96. The number of rotatable bonds is 12. The second-order valence-corrected chi connectivity index (χ2v) is 14.7. The van der Waals surface area contributed by atoms with Gasteiger partial charge in [0, 0.05) is 28.5 Å². The second kappa shape index (κ2) is 11.9. The molecular weight excluding hydrogens is 571 g/mol. The molecule has 40 heavy (non-hydrogen) atoms. The minimum absolute atomic E-state index is 0.108. The van der Waals surface area contributed by atoms with Crippen LogP contribution in [0.4, 0.5) is 0 Å². The molecule has 5 rings (SSSR count). The molecule has 3 fully saturated rings. The van der Waals surface area contributed by atoms with E-state index in [9.17, 15) is 23.4 Å². The highest BCUT2D eigenvalue weighted by Crippen LogP contribution is 2.55. The molecule has 3 N–H and O–H groups in total. The van der Waals surface area contributed by atoms with E-state index in [1.807, 2.05) is 60.4 Å². The first kappa shape index (κ1) is 29.8. The number of carbonyl (C=O) groups excluding carboxylic acids is 1. The third kappa shape index (κ3) is 6.22. The Labute approximate surface area is 246 Å². The van der Waals surface area contributed by atoms with Gasteiger partial charge in [-0.1, -0.05) is 54.4 Å². The zero-order chi connectivity index (χ0) is 28.7. The molecule has 218 valence electrons. The van der Waals surface area contributed by atoms with Gasteiger partial charge >= 0.3 is 0 Å². The Balaban J connectivity index is 1.65. The normalized spacial score (nSPS) is 27.0. The van der Waals surface area contributed by atoms with Gasteiger partial charge < -0.3 is 15.1 Å². The molecule has 1 saturated heterocycles. The molecule has 5 unspecified atom stereocenters. The van der Waals surface area contributed by atoms with Crippen LogP contribution in [0.5, 0.6) is 0 Å². The van der Waals surface area contributed by atoms with Crippen molar-refractivity contribution in [1.82, 2.24) is 9.62 Å². The van der Waals surface area contributed by atoms with Crippen LogP contribution < -0.4 is 4.72 Å². The Kier molecular flexibility index (Phi) is 8.87. The lowest BCUT2D eigenvalue weighted by atomic mass is 9.64. The van der Waals surface area contributed by atoms with Gasteiger partial charge in [0.15, 0.2) is 0 Å². The molecule has 1 aliphatic heterocycles. The molecule has 0 spiro atoms. The smallest absolute Gasteiger partial charge is 0.229 e. The number of hydrogen-bond acceptors (Lipinski definition) is 5. The van der Waals surface area contributed by atoms with Crippen molar-refractivity contribution in [3.63, 3.8) is 0 Å². The molecule has 2 saturated carbocycles. The van der Waals surface area contributed by atoms with Crippen molar-refractivity contribution in [2.45, 2.75) is 81.2 Å². The first-order chi connectivity index (χ1) is 19.1. The van der Waals surface area contributed by atoms with E-state index in [1.54, 1.807) is 0 Å². The molecule has 3 aliphatic rings. The van der Waals surface area contributed by atoms with Gasteiger partial charge in [-0.2, -0.15) is 0 Å². The summed E-state index contributed by atoms with van der Waals surface area (Å²) in [7, 11) is -3.46. The molecule has 0 aromatic heterocycles. The van der Waals surface area contributed by atoms with E-state index < -0.39 is 34.2 Å². The minimum Gasteiger partial charge on any atom is -0.394 e. The molecule has 1 heterocycles. The van der Waals surface area contributed by atoms with E-state index in [4.69, 9.17) is 23.2 Å². The maximum absolute atomic E-state index is 14.8.